The number of alkyl halides is 13. The second-order valence-corrected chi connectivity index (χ2v) is 6.85. The number of rotatable bonds is 10. The minimum Gasteiger partial charge on any atom is -0.504 e. The number of hydrogen-bond donors (Lipinski definition) is 2. The van der Waals surface area contributed by atoms with Crippen LogP contribution in [0.2, 0.25) is 0 Å². The standard InChI is InChI=1S/C17H15F13O2/c18-12(19,7-2-1-3-8-13(20,21)22)15(25,26)17(29,30)16(27,28)14(23,24)9-5-4-6-10(31)11(9)32/h4-6,31-32H,1-3,7-8H2. The highest BCUT2D eigenvalue weighted by Crippen LogP contribution is 2.61. The molecule has 0 saturated heterocycles. The number of hydrogen-bond acceptors (Lipinski definition) is 2. The monoisotopic (exact) mass is 498 g/mol. The summed E-state index contributed by atoms with van der Waals surface area (Å²) in [6, 6.07) is 0.683. The molecule has 0 unspecified atom stereocenters. The Balaban J connectivity index is 3.19. The summed E-state index contributed by atoms with van der Waals surface area (Å²) in [5.74, 6) is -37.7. The van der Waals surface area contributed by atoms with E-state index in [4.69, 9.17) is 5.11 Å². The number of para-hydroxylation sites is 1. The molecule has 15 heteroatoms. The van der Waals surface area contributed by atoms with Crippen LogP contribution in [0.25, 0.3) is 0 Å². The van der Waals surface area contributed by atoms with Gasteiger partial charge < -0.3 is 10.2 Å². The first kappa shape index (κ1) is 27.9. The first-order valence-corrected chi connectivity index (χ1v) is 8.61. The second kappa shape index (κ2) is 8.69. The van der Waals surface area contributed by atoms with Crippen LogP contribution in [0.4, 0.5) is 57.1 Å². The van der Waals surface area contributed by atoms with E-state index in [9.17, 15) is 62.2 Å². The summed E-state index contributed by atoms with van der Waals surface area (Å²) in [6.45, 7) is 0. The van der Waals surface area contributed by atoms with Gasteiger partial charge in [-0.3, -0.25) is 0 Å². The SMILES string of the molecule is Oc1cccc(C(F)(F)C(F)(F)C(F)(F)C(F)(F)C(F)(F)CCCCCC(F)(F)F)c1O. The van der Waals surface area contributed by atoms with E-state index in [0.29, 0.717) is 12.1 Å². The highest BCUT2D eigenvalue weighted by molar-refractivity contribution is 5.47. The topological polar surface area (TPSA) is 40.5 Å². The summed E-state index contributed by atoms with van der Waals surface area (Å²) in [5, 5.41) is 18.3. The van der Waals surface area contributed by atoms with Crippen molar-refractivity contribution in [3.05, 3.63) is 23.8 Å². The third kappa shape index (κ3) is 4.95. The van der Waals surface area contributed by atoms with Gasteiger partial charge in [0.05, 0.1) is 5.56 Å². The number of unbranched alkanes of at least 4 members (excludes halogenated alkanes) is 2. The van der Waals surface area contributed by atoms with E-state index in [2.05, 4.69) is 0 Å². The number of phenols is 2. The summed E-state index contributed by atoms with van der Waals surface area (Å²) in [7, 11) is 0. The maximum absolute atomic E-state index is 14.1. The molecule has 1 aromatic rings. The van der Waals surface area contributed by atoms with Gasteiger partial charge in [0.1, 0.15) is 0 Å². The van der Waals surface area contributed by atoms with Crippen LogP contribution in [-0.4, -0.2) is 40.1 Å². The van der Waals surface area contributed by atoms with Crippen LogP contribution in [-0.2, 0) is 5.92 Å². The van der Waals surface area contributed by atoms with Crippen LogP contribution in [0.1, 0.15) is 37.7 Å². The molecule has 1 aromatic carbocycles. The molecule has 0 amide bonds. The van der Waals surface area contributed by atoms with Crippen LogP contribution >= 0.6 is 0 Å². The van der Waals surface area contributed by atoms with Crippen molar-refractivity contribution in [1.29, 1.82) is 0 Å². The summed E-state index contributed by atoms with van der Waals surface area (Å²) in [4.78, 5) is 0. The lowest BCUT2D eigenvalue weighted by Gasteiger charge is -2.39. The van der Waals surface area contributed by atoms with Gasteiger partial charge in [-0.05, 0) is 25.0 Å². The summed E-state index contributed by atoms with van der Waals surface area (Å²) < 4.78 is 175. The molecule has 0 aliphatic heterocycles. The molecule has 32 heavy (non-hydrogen) atoms. The molecule has 0 aliphatic carbocycles. The van der Waals surface area contributed by atoms with Crippen LogP contribution in [0.3, 0.4) is 0 Å². The van der Waals surface area contributed by atoms with Gasteiger partial charge in [0.15, 0.2) is 11.5 Å². The smallest absolute Gasteiger partial charge is 0.389 e. The molecule has 0 radical (unpaired) electrons. The first-order valence-electron chi connectivity index (χ1n) is 8.61. The summed E-state index contributed by atoms with van der Waals surface area (Å²) >= 11 is 0. The lowest BCUT2D eigenvalue weighted by atomic mass is 9.89. The average Bonchev–Trinajstić information content (AvgIpc) is 2.61. The lowest BCUT2D eigenvalue weighted by molar-refractivity contribution is -0.405. The molecule has 0 fully saturated rings. The minimum atomic E-state index is -7.41. The Morgan fingerprint density at radius 1 is 0.594 bits per heavy atom. The van der Waals surface area contributed by atoms with E-state index in [-0.39, 0.29) is 6.07 Å². The maximum Gasteiger partial charge on any atom is 0.389 e. The van der Waals surface area contributed by atoms with Crippen molar-refractivity contribution in [3.8, 4) is 11.5 Å². The van der Waals surface area contributed by atoms with Crippen molar-refractivity contribution in [1.82, 2.24) is 0 Å². The molecule has 0 spiro atoms. The van der Waals surface area contributed by atoms with Gasteiger partial charge >= 0.3 is 35.8 Å². The zero-order valence-corrected chi connectivity index (χ0v) is 15.6. The largest absolute Gasteiger partial charge is 0.504 e. The van der Waals surface area contributed by atoms with Crippen molar-refractivity contribution in [3.63, 3.8) is 0 Å². The van der Waals surface area contributed by atoms with Crippen LogP contribution in [0.5, 0.6) is 11.5 Å². The third-order valence-corrected chi connectivity index (χ3v) is 4.45. The fourth-order valence-corrected chi connectivity index (χ4v) is 2.58. The predicted molar refractivity (Wildman–Crippen MR) is 82.6 cm³/mol. The Morgan fingerprint density at radius 2 is 1.09 bits per heavy atom. The highest BCUT2D eigenvalue weighted by atomic mass is 19.4. The Bertz CT molecular complexity index is 787. The van der Waals surface area contributed by atoms with E-state index in [1.165, 1.54) is 0 Å². The molecule has 1 rings (SSSR count). The van der Waals surface area contributed by atoms with E-state index in [0.717, 1.165) is 0 Å². The quantitative estimate of drug-likeness (QED) is 0.203. The lowest BCUT2D eigenvalue weighted by Crippen LogP contribution is -2.66. The molecule has 0 bridgehead atoms. The van der Waals surface area contributed by atoms with Gasteiger partial charge in [0.25, 0.3) is 0 Å². The molecular weight excluding hydrogens is 483 g/mol. The second-order valence-electron chi connectivity index (χ2n) is 6.85. The fraction of sp³-hybridized carbons (Fsp3) is 0.647. The summed E-state index contributed by atoms with van der Waals surface area (Å²) in [6.07, 6.45) is -11.4. The van der Waals surface area contributed by atoms with Crippen LogP contribution in [0.15, 0.2) is 18.2 Å². The van der Waals surface area contributed by atoms with Gasteiger partial charge in [0.2, 0.25) is 0 Å². The van der Waals surface area contributed by atoms with Crippen LogP contribution < -0.4 is 0 Å². The molecule has 2 nitrogen and oxygen atoms in total. The molecule has 0 atom stereocenters. The highest BCUT2D eigenvalue weighted by Gasteiger charge is 2.86. The van der Waals surface area contributed by atoms with E-state index in [1.54, 1.807) is 0 Å². The van der Waals surface area contributed by atoms with Crippen molar-refractivity contribution >= 4 is 0 Å². The van der Waals surface area contributed by atoms with Crippen molar-refractivity contribution in [2.75, 3.05) is 0 Å². The Labute approximate surface area is 171 Å². The van der Waals surface area contributed by atoms with E-state index < -0.39 is 85.0 Å². The molecule has 2 N–H and O–H groups in total. The number of benzene rings is 1. The average molecular weight is 498 g/mol. The minimum absolute atomic E-state index is 0.129. The van der Waals surface area contributed by atoms with E-state index >= 15 is 0 Å². The molecule has 0 saturated carbocycles. The number of phenolic OH excluding ortho intramolecular Hbond substituents is 2. The molecule has 0 aliphatic rings. The zero-order chi connectivity index (χ0) is 25.4. The van der Waals surface area contributed by atoms with Gasteiger partial charge in [-0.1, -0.05) is 12.5 Å². The fourth-order valence-electron chi connectivity index (χ4n) is 2.58. The Morgan fingerprint density at radius 3 is 1.59 bits per heavy atom. The van der Waals surface area contributed by atoms with Gasteiger partial charge in [0, 0.05) is 12.8 Å². The van der Waals surface area contributed by atoms with Gasteiger partial charge in [-0.2, -0.15) is 57.1 Å². The van der Waals surface area contributed by atoms with E-state index in [1.807, 2.05) is 0 Å². The van der Waals surface area contributed by atoms with Crippen LogP contribution in [0, 0.1) is 0 Å². The molecule has 186 valence electrons. The predicted octanol–water partition coefficient (Wildman–Crippen LogP) is 7.24. The third-order valence-electron chi connectivity index (χ3n) is 4.45. The van der Waals surface area contributed by atoms with Crippen molar-refractivity contribution in [2.24, 2.45) is 0 Å². The molecule has 0 heterocycles. The van der Waals surface area contributed by atoms with Crippen molar-refractivity contribution in [2.45, 2.75) is 67.9 Å². The first-order chi connectivity index (χ1) is 14.1. The maximum atomic E-state index is 14.1. The Kier molecular flexibility index (Phi) is 7.59. The van der Waals surface area contributed by atoms with Gasteiger partial charge in [-0.25, -0.2) is 0 Å². The summed E-state index contributed by atoms with van der Waals surface area (Å²) in [5.41, 5.74) is -2.44. The molecule has 0 aromatic heterocycles. The van der Waals surface area contributed by atoms with Crippen molar-refractivity contribution < 1.29 is 67.3 Å². The van der Waals surface area contributed by atoms with Gasteiger partial charge in [-0.15, -0.1) is 0 Å². The normalized spacial score (nSPS) is 14.7. The Hall–Kier alpha value is -2.09. The number of aromatic hydroxyl groups is 2. The molecular formula is C17H15F13O2. The number of halogens is 13. The zero-order valence-electron chi connectivity index (χ0n) is 15.6.